The van der Waals surface area contributed by atoms with Gasteiger partial charge in [0.05, 0.1) is 11.1 Å². The molecule has 1 atom stereocenters. The van der Waals surface area contributed by atoms with Gasteiger partial charge in [0.1, 0.15) is 17.3 Å². The third-order valence-electron chi connectivity index (χ3n) is 2.82. The lowest BCUT2D eigenvalue weighted by Crippen LogP contribution is -2.18. The van der Waals surface area contributed by atoms with Crippen LogP contribution in [0.4, 0.5) is 4.39 Å². The minimum absolute atomic E-state index is 0.0251. The summed E-state index contributed by atoms with van der Waals surface area (Å²) in [5, 5.41) is 3.35. The Balaban J connectivity index is 2.01. The van der Waals surface area contributed by atoms with E-state index in [1.807, 2.05) is 26.0 Å². The van der Waals surface area contributed by atoms with Crippen molar-refractivity contribution in [3.05, 3.63) is 58.3 Å². The van der Waals surface area contributed by atoms with E-state index in [-0.39, 0.29) is 16.9 Å². The molecular formula is C14H15ClFNO. The first-order valence-corrected chi connectivity index (χ1v) is 6.18. The Labute approximate surface area is 111 Å². The van der Waals surface area contributed by atoms with Crippen LogP contribution in [-0.2, 0) is 6.54 Å². The van der Waals surface area contributed by atoms with Gasteiger partial charge < -0.3 is 9.73 Å². The Morgan fingerprint density at radius 1 is 1.33 bits per heavy atom. The molecule has 2 nitrogen and oxygen atoms in total. The smallest absolute Gasteiger partial charge is 0.146 e. The van der Waals surface area contributed by atoms with E-state index in [1.54, 1.807) is 18.2 Å². The zero-order chi connectivity index (χ0) is 13.1. The highest BCUT2D eigenvalue weighted by atomic mass is 35.5. The van der Waals surface area contributed by atoms with E-state index in [0.29, 0.717) is 12.1 Å². The molecule has 0 aliphatic carbocycles. The fourth-order valence-electron chi connectivity index (χ4n) is 1.73. The molecule has 0 fully saturated rings. The van der Waals surface area contributed by atoms with Crippen molar-refractivity contribution in [2.24, 2.45) is 0 Å². The van der Waals surface area contributed by atoms with Gasteiger partial charge in [-0.15, -0.1) is 0 Å². The molecule has 0 radical (unpaired) electrons. The van der Waals surface area contributed by atoms with Crippen molar-refractivity contribution in [3.8, 4) is 0 Å². The van der Waals surface area contributed by atoms with Crippen LogP contribution in [0.2, 0.25) is 5.02 Å². The van der Waals surface area contributed by atoms with E-state index in [1.165, 1.54) is 0 Å². The van der Waals surface area contributed by atoms with E-state index in [2.05, 4.69) is 5.32 Å². The van der Waals surface area contributed by atoms with Crippen LogP contribution in [-0.4, -0.2) is 0 Å². The van der Waals surface area contributed by atoms with E-state index in [0.717, 1.165) is 11.5 Å². The van der Waals surface area contributed by atoms with Gasteiger partial charge in [0, 0.05) is 12.1 Å². The summed E-state index contributed by atoms with van der Waals surface area (Å²) in [6.07, 6.45) is 0. The topological polar surface area (TPSA) is 25.2 Å². The summed E-state index contributed by atoms with van der Waals surface area (Å²) in [6, 6.07) is 8.85. The molecule has 0 aliphatic heterocycles. The molecule has 2 aromatic rings. The normalized spacial score (nSPS) is 12.7. The summed E-state index contributed by atoms with van der Waals surface area (Å²) >= 11 is 5.73. The maximum Gasteiger partial charge on any atom is 0.146 e. The molecule has 0 aliphatic rings. The minimum Gasteiger partial charge on any atom is -0.465 e. The molecule has 18 heavy (non-hydrogen) atoms. The van der Waals surface area contributed by atoms with Crippen LogP contribution in [0.5, 0.6) is 0 Å². The Kier molecular flexibility index (Phi) is 4.04. The number of halogens is 2. The third-order valence-corrected chi connectivity index (χ3v) is 3.11. The highest BCUT2D eigenvalue weighted by Gasteiger charge is 2.11. The molecular weight excluding hydrogens is 253 g/mol. The first kappa shape index (κ1) is 13.1. The Bertz CT molecular complexity index is 538. The second kappa shape index (κ2) is 5.55. The van der Waals surface area contributed by atoms with Gasteiger partial charge in [-0.05, 0) is 32.0 Å². The first-order valence-electron chi connectivity index (χ1n) is 5.80. The maximum absolute atomic E-state index is 13.7. The van der Waals surface area contributed by atoms with Gasteiger partial charge in [0.2, 0.25) is 0 Å². The fourth-order valence-corrected chi connectivity index (χ4v) is 1.93. The van der Waals surface area contributed by atoms with E-state index >= 15 is 0 Å². The molecule has 2 rings (SSSR count). The molecule has 4 heteroatoms. The molecule has 0 saturated carbocycles. The minimum atomic E-state index is -0.366. The third kappa shape index (κ3) is 2.92. The molecule has 0 spiro atoms. The van der Waals surface area contributed by atoms with Crippen molar-refractivity contribution in [2.75, 3.05) is 0 Å². The van der Waals surface area contributed by atoms with Gasteiger partial charge >= 0.3 is 0 Å². The molecule has 1 N–H and O–H groups in total. The van der Waals surface area contributed by atoms with Crippen molar-refractivity contribution >= 4 is 11.6 Å². The van der Waals surface area contributed by atoms with Crippen molar-refractivity contribution in [1.29, 1.82) is 0 Å². The second-order valence-electron chi connectivity index (χ2n) is 4.26. The van der Waals surface area contributed by atoms with E-state index < -0.39 is 0 Å². The molecule has 1 heterocycles. The summed E-state index contributed by atoms with van der Waals surface area (Å²) in [5.41, 5.74) is 0.553. The van der Waals surface area contributed by atoms with Crippen molar-refractivity contribution in [1.82, 2.24) is 5.32 Å². The molecule has 0 bridgehead atoms. The predicted octanol–water partition coefficient (Wildman–Crippen LogP) is 4.23. The van der Waals surface area contributed by atoms with Crippen LogP contribution in [0.25, 0.3) is 0 Å². The van der Waals surface area contributed by atoms with Crippen LogP contribution < -0.4 is 5.32 Å². The van der Waals surface area contributed by atoms with Crippen LogP contribution >= 0.6 is 11.6 Å². The van der Waals surface area contributed by atoms with Crippen molar-refractivity contribution < 1.29 is 8.81 Å². The Morgan fingerprint density at radius 3 is 2.78 bits per heavy atom. The van der Waals surface area contributed by atoms with Crippen LogP contribution in [0.15, 0.2) is 34.7 Å². The number of furan rings is 1. The second-order valence-corrected chi connectivity index (χ2v) is 4.67. The Hall–Kier alpha value is -1.32. The lowest BCUT2D eigenvalue weighted by molar-refractivity contribution is 0.413. The molecule has 1 aromatic heterocycles. The van der Waals surface area contributed by atoms with Crippen LogP contribution in [0, 0.1) is 12.7 Å². The lowest BCUT2D eigenvalue weighted by atomic mass is 10.2. The number of benzene rings is 1. The zero-order valence-electron chi connectivity index (χ0n) is 10.3. The van der Waals surface area contributed by atoms with Crippen LogP contribution in [0.1, 0.15) is 30.0 Å². The monoisotopic (exact) mass is 267 g/mol. The zero-order valence-corrected chi connectivity index (χ0v) is 11.1. The fraction of sp³-hybridized carbons (Fsp3) is 0.286. The summed E-state index contributed by atoms with van der Waals surface area (Å²) in [7, 11) is 0. The van der Waals surface area contributed by atoms with Gasteiger partial charge in [-0.25, -0.2) is 4.39 Å². The first-order chi connectivity index (χ1) is 8.58. The van der Waals surface area contributed by atoms with E-state index in [4.69, 9.17) is 16.0 Å². The van der Waals surface area contributed by atoms with E-state index in [9.17, 15) is 4.39 Å². The number of aryl methyl sites for hydroxylation is 1. The molecule has 96 valence electrons. The average molecular weight is 268 g/mol. The van der Waals surface area contributed by atoms with Crippen molar-refractivity contribution in [2.45, 2.75) is 26.4 Å². The number of hydrogen-bond acceptors (Lipinski definition) is 2. The van der Waals surface area contributed by atoms with Gasteiger partial charge in [-0.2, -0.15) is 0 Å². The largest absolute Gasteiger partial charge is 0.465 e. The number of hydrogen-bond donors (Lipinski definition) is 1. The highest BCUT2D eigenvalue weighted by Crippen LogP contribution is 2.20. The highest BCUT2D eigenvalue weighted by molar-refractivity contribution is 6.30. The van der Waals surface area contributed by atoms with Crippen LogP contribution in [0.3, 0.4) is 0 Å². The SMILES string of the molecule is Cc1ccc(C(C)NCc2cccc(Cl)c2F)o1. The summed E-state index contributed by atoms with van der Waals surface area (Å²) in [5.74, 6) is 1.34. The van der Waals surface area contributed by atoms with Gasteiger partial charge in [-0.1, -0.05) is 23.7 Å². The van der Waals surface area contributed by atoms with Gasteiger partial charge in [0.15, 0.2) is 0 Å². The van der Waals surface area contributed by atoms with Gasteiger partial charge in [0.25, 0.3) is 0 Å². The van der Waals surface area contributed by atoms with Crippen molar-refractivity contribution in [3.63, 3.8) is 0 Å². The number of nitrogens with one attached hydrogen (secondary N) is 1. The molecule has 0 amide bonds. The summed E-state index contributed by atoms with van der Waals surface area (Å²) in [6.45, 7) is 4.28. The molecule has 0 saturated heterocycles. The Morgan fingerprint density at radius 2 is 2.11 bits per heavy atom. The quantitative estimate of drug-likeness (QED) is 0.897. The number of rotatable bonds is 4. The predicted molar refractivity (Wildman–Crippen MR) is 70.1 cm³/mol. The summed E-state index contributed by atoms with van der Waals surface area (Å²) < 4.78 is 19.2. The average Bonchev–Trinajstić information content (AvgIpc) is 2.77. The maximum atomic E-state index is 13.7. The standard InChI is InChI=1S/C14H15ClFNO/c1-9-6-7-13(18-9)10(2)17-8-11-4-3-5-12(15)14(11)16/h3-7,10,17H,8H2,1-2H3. The lowest BCUT2D eigenvalue weighted by Gasteiger charge is -2.12. The summed E-state index contributed by atoms with van der Waals surface area (Å²) in [4.78, 5) is 0. The molecule has 1 aromatic carbocycles. The van der Waals surface area contributed by atoms with Gasteiger partial charge in [-0.3, -0.25) is 0 Å². The molecule has 1 unspecified atom stereocenters.